The number of hydrogen-bond donors (Lipinski definition) is 1. The Labute approximate surface area is 222 Å². The highest BCUT2D eigenvalue weighted by atomic mass is 35.5. The van der Waals surface area contributed by atoms with Crippen LogP contribution in [0.2, 0.25) is 5.02 Å². The summed E-state index contributed by atoms with van der Waals surface area (Å²) in [5.41, 5.74) is 2.91. The van der Waals surface area contributed by atoms with Gasteiger partial charge in [-0.15, -0.1) is 0 Å². The molecule has 0 unspecified atom stereocenters. The van der Waals surface area contributed by atoms with Crippen molar-refractivity contribution < 1.29 is 9.53 Å². The number of benzene rings is 3. The molecule has 186 valence electrons. The average molecular weight is 530 g/mol. The fraction of sp³-hybridized carbons (Fsp3) is 0.138. The lowest BCUT2D eigenvalue weighted by molar-refractivity contribution is -0.113. The summed E-state index contributed by atoms with van der Waals surface area (Å²) in [7, 11) is 0. The summed E-state index contributed by atoms with van der Waals surface area (Å²) in [4.78, 5) is 32.6. The fourth-order valence-corrected chi connectivity index (χ4v) is 5.52. The first-order chi connectivity index (χ1) is 18.0. The lowest BCUT2D eigenvalue weighted by atomic mass is 9.95. The number of nitrogens with zero attached hydrogens (tertiary/aromatic N) is 2. The van der Waals surface area contributed by atoms with E-state index in [1.54, 1.807) is 23.6 Å². The minimum atomic E-state index is -0.663. The maximum absolute atomic E-state index is 13.8. The van der Waals surface area contributed by atoms with Gasteiger partial charge in [0.2, 0.25) is 0 Å². The molecule has 1 N–H and O–H groups in total. The van der Waals surface area contributed by atoms with Crippen molar-refractivity contribution >= 4 is 40.6 Å². The van der Waals surface area contributed by atoms with E-state index in [1.165, 1.54) is 11.3 Å². The Morgan fingerprint density at radius 1 is 1.08 bits per heavy atom. The maximum Gasteiger partial charge on any atom is 0.271 e. The van der Waals surface area contributed by atoms with Crippen molar-refractivity contribution in [2.24, 2.45) is 4.99 Å². The van der Waals surface area contributed by atoms with E-state index < -0.39 is 6.04 Å². The third-order valence-corrected chi connectivity index (χ3v) is 7.32. The molecule has 1 amide bonds. The standard InChI is InChI=1S/C29H24ClN3O3S/c1-3-36-22-15-13-19(14-16-22)26-25(27(34)32-21-10-5-4-6-11-21)18(2)31-29-33(26)28(35)24(37-29)17-20-9-7-8-12-23(20)30/h4-17,26H,3H2,1-2H3,(H,32,34)/b24-17+/t26-/m1/s1. The molecule has 37 heavy (non-hydrogen) atoms. The van der Waals surface area contributed by atoms with Crippen molar-refractivity contribution in [2.45, 2.75) is 19.9 Å². The van der Waals surface area contributed by atoms with Crippen LogP contribution in [-0.4, -0.2) is 17.1 Å². The maximum atomic E-state index is 13.8. The van der Waals surface area contributed by atoms with E-state index in [9.17, 15) is 9.59 Å². The molecule has 1 aliphatic heterocycles. The molecule has 2 heterocycles. The second-order valence-electron chi connectivity index (χ2n) is 8.43. The zero-order chi connectivity index (χ0) is 25.9. The molecular weight excluding hydrogens is 506 g/mol. The highest BCUT2D eigenvalue weighted by Crippen LogP contribution is 2.31. The van der Waals surface area contributed by atoms with Gasteiger partial charge in [0.05, 0.1) is 28.5 Å². The second kappa shape index (κ2) is 10.6. The number of allylic oxidation sites excluding steroid dienone is 1. The van der Waals surface area contributed by atoms with Gasteiger partial charge in [0.1, 0.15) is 5.75 Å². The zero-order valence-corrected chi connectivity index (χ0v) is 21.8. The van der Waals surface area contributed by atoms with Gasteiger partial charge in [-0.05, 0) is 61.4 Å². The Morgan fingerprint density at radius 3 is 2.49 bits per heavy atom. The molecule has 6 nitrogen and oxygen atoms in total. The van der Waals surface area contributed by atoms with Gasteiger partial charge in [-0.25, -0.2) is 4.99 Å². The first-order valence-electron chi connectivity index (χ1n) is 11.8. The molecule has 0 bridgehead atoms. The lowest BCUT2D eigenvalue weighted by Crippen LogP contribution is -2.40. The van der Waals surface area contributed by atoms with Crippen LogP contribution in [0.5, 0.6) is 5.75 Å². The molecule has 3 aromatic carbocycles. The van der Waals surface area contributed by atoms with Crippen molar-refractivity contribution in [3.63, 3.8) is 0 Å². The molecule has 0 aliphatic carbocycles. The molecule has 0 fully saturated rings. The smallest absolute Gasteiger partial charge is 0.271 e. The van der Waals surface area contributed by atoms with Crippen LogP contribution < -0.4 is 24.9 Å². The van der Waals surface area contributed by atoms with Crippen LogP contribution in [0.25, 0.3) is 6.08 Å². The predicted molar refractivity (Wildman–Crippen MR) is 148 cm³/mol. The van der Waals surface area contributed by atoms with E-state index in [2.05, 4.69) is 10.3 Å². The molecule has 1 aromatic heterocycles. The topological polar surface area (TPSA) is 72.7 Å². The number of thiazole rings is 1. The number of nitrogens with one attached hydrogen (secondary N) is 1. The number of fused-ring (bicyclic) bond motifs is 1. The number of anilines is 1. The van der Waals surface area contributed by atoms with Crippen LogP contribution >= 0.6 is 22.9 Å². The quantitative estimate of drug-likeness (QED) is 0.385. The minimum Gasteiger partial charge on any atom is -0.494 e. The average Bonchev–Trinajstić information content (AvgIpc) is 3.20. The third kappa shape index (κ3) is 5.01. The Kier molecular flexibility index (Phi) is 7.08. The Bertz CT molecular complexity index is 1670. The Morgan fingerprint density at radius 2 is 1.78 bits per heavy atom. The predicted octanol–water partition coefficient (Wildman–Crippen LogP) is 4.93. The largest absolute Gasteiger partial charge is 0.494 e. The van der Waals surface area contributed by atoms with Crippen LogP contribution in [0.3, 0.4) is 0 Å². The first-order valence-corrected chi connectivity index (χ1v) is 13.0. The van der Waals surface area contributed by atoms with E-state index in [0.29, 0.717) is 43.7 Å². The monoisotopic (exact) mass is 529 g/mol. The molecule has 1 aliphatic rings. The zero-order valence-electron chi connectivity index (χ0n) is 20.3. The SMILES string of the molecule is CCOc1ccc([C@@H]2C(C(=O)Nc3ccccc3)=C(C)N=c3s/c(=C/c4ccccc4Cl)c(=O)n32)cc1. The van der Waals surface area contributed by atoms with E-state index in [0.717, 1.165) is 11.1 Å². The van der Waals surface area contributed by atoms with Crippen LogP contribution in [-0.2, 0) is 4.79 Å². The number of hydrogen-bond acceptors (Lipinski definition) is 5. The normalized spacial score (nSPS) is 15.2. The summed E-state index contributed by atoms with van der Waals surface area (Å²) in [5, 5.41) is 3.51. The summed E-state index contributed by atoms with van der Waals surface area (Å²) >= 11 is 7.63. The summed E-state index contributed by atoms with van der Waals surface area (Å²) in [6.07, 6.45) is 1.77. The molecule has 4 aromatic rings. The number of carbonyl (C=O) groups is 1. The van der Waals surface area contributed by atoms with Crippen molar-refractivity contribution in [1.29, 1.82) is 0 Å². The third-order valence-electron chi connectivity index (χ3n) is 6.00. The molecule has 5 rings (SSSR count). The lowest BCUT2D eigenvalue weighted by Gasteiger charge is -2.25. The van der Waals surface area contributed by atoms with Gasteiger partial charge in [0, 0.05) is 10.7 Å². The van der Waals surface area contributed by atoms with Crippen LogP contribution in [0.1, 0.15) is 31.0 Å². The number of para-hydroxylation sites is 1. The fourth-order valence-electron chi connectivity index (χ4n) is 4.29. The van der Waals surface area contributed by atoms with E-state index in [1.807, 2.05) is 79.7 Å². The number of carbonyl (C=O) groups excluding carboxylic acids is 1. The van der Waals surface area contributed by atoms with Crippen LogP contribution in [0.4, 0.5) is 5.69 Å². The number of rotatable bonds is 6. The van der Waals surface area contributed by atoms with E-state index in [4.69, 9.17) is 16.3 Å². The molecule has 1 atom stereocenters. The van der Waals surface area contributed by atoms with Crippen molar-refractivity contribution in [1.82, 2.24) is 4.57 Å². The highest BCUT2D eigenvalue weighted by Gasteiger charge is 2.32. The van der Waals surface area contributed by atoms with Crippen molar-refractivity contribution in [3.05, 3.63) is 126 Å². The number of amides is 1. The summed E-state index contributed by atoms with van der Waals surface area (Å²) in [5.74, 6) is 0.403. The summed E-state index contributed by atoms with van der Waals surface area (Å²) in [6, 6.07) is 23.4. The molecule has 0 radical (unpaired) electrons. The molecule has 0 spiro atoms. The summed E-state index contributed by atoms with van der Waals surface area (Å²) < 4.78 is 7.68. The number of aromatic nitrogens is 1. The molecule has 8 heteroatoms. The van der Waals surface area contributed by atoms with Gasteiger partial charge in [-0.1, -0.05) is 71.5 Å². The Balaban J connectivity index is 1.67. The molecular formula is C29H24ClN3O3S. The van der Waals surface area contributed by atoms with Gasteiger partial charge in [-0.2, -0.15) is 0 Å². The van der Waals surface area contributed by atoms with Crippen LogP contribution in [0.15, 0.2) is 99.9 Å². The van der Waals surface area contributed by atoms with Gasteiger partial charge in [-0.3, -0.25) is 14.2 Å². The van der Waals surface area contributed by atoms with Crippen LogP contribution in [0, 0.1) is 0 Å². The van der Waals surface area contributed by atoms with Gasteiger partial charge in [0.15, 0.2) is 4.80 Å². The Hall–Kier alpha value is -3.94. The van der Waals surface area contributed by atoms with Gasteiger partial charge in [0.25, 0.3) is 11.5 Å². The van der Waals surface area contributed by atoms with Crippen molar-refractivity contribution in [3.8, 4) is 5.75 Å². The van der Waals surface area contributed by atoms with Gasteiger partial charge < -0.3 is 10.1 Å². The molecule has 0 saturated carbocycles. The van der Waals surface area contributed by atoms with E-state index in [-0.39, 0.29) is 11.5 Å². The first kappa shape index (κ1) is 24.7. The highest BCUT2D eigenvalue weighted by molar-refractivity contribution is 7.07. The molecule has 0 saturated heterocycles. The van der Waals surface area contributed by atoms with E-state index >= 15 is 0 Å². The minimum absolute atomic E-state index is 0.236. The van der Waals surface area contributed by atoms with Gasteiger partial charge >= 0.3 is 0 Å². The van der Waals surface area contributed by atoms with Crippen molar-refractivity contribution in [2.75, 3.05) is 11.9 Å². The number of ether oxygens (including phenoxy) is 1. The second-order valence-corrected chi connectivity index (χ2v) is 9.84. The number of halogens is 1. The summed E-state index contributed by atoms with van der Waals surface area (Å²) in [6.45, 7) is 4.26.